The second kappa shape index (κ2) is 4.69. The van der Waals surface area contributed by atoms with Gasteiger partial charge < -0.3 is 5.73 Å². The van der Waals surface area contributed by atoms with Crippen LogP contribution in [0.2, 0.25) is 0 Å². The van der Waals surface area contributed by atoms with Crippen LogP contribution in [-0.4, -0.2) is 0 Å². The number of hydrogen-bond acceptors (Lipinski definition) is 1. The zero-order valence-corrected chi connectivity index (χ0v) is 9.50. The lowest BCUT2D eigenvalue weighted by atomic mass is 9.89. The van der Waals surface area contributed by atoms with Gasteiger partial charge in [-0.2, -0.15) is 13.2 Å². The van der Waals surface area contributed by atoms with E-state index in [9.17, 15) is 13.2 Å². The zero-order valence-electron chi connectivity index (χ0n) is 9.50. The molecule has 0 aromatic heterocycles. The number of rotatable bonds is 2. The summed E-state index contributed by atoms with van der Waals surface area (Å²) in [7, 11) is 0. The standard InChI is InChI=1S/C13H16F3N/c14-13(15,16)11-8-4-3-7-10(11)12(17)9-5-1-2-6-9/h3-4,7-9,12H,1-2,5-6,17H2/t12-/m1/s1. The summed E-state index contributed by atoms with van der Waals surface area (Å²) < 4.78 is 38.5. The third kappa shape index (κ3) is 2.63. The second-order valence-corrected chi connectivity index (χ2v) is 4.66. The lowest BCUT2D eigenvalue weighted by Gasteiger charge is -2.23. The lowest BCUT2D eigenvalue weighted by Crippen LogP contribution is -2.23. The summed E-state index contributed by atoms with van der Waals surface area (Å²) in [5.74, 6) is 0.193. The Hall–Kier alpha value is -1.03. The molecule has 0 spiro atoms. The maximum absolute atomic E-state index is 12.8. The van der Waals surface area contributed by atoms with Crippen molar-refractivity contribution in [2.24, 2.45) is 11.7 Å². The van der Waals surface area contributed by atoms with Gasteiger partial charge in [-0.05, 0) is 30.4 Å². The number of alkyl halides is 3. The maximum Gasteiger partial charge on any atom is 0.416 e. The lowest BCUT2D eigenvalue weighted by molar-refractivity contribution is -0.138. The van der Waals surface area contributed by atoms with Crippen LogP contribution in [0.1, 0.15) is 42.9 Å². The van der Waals surface area contributed by atoms with Crippen LogP contribution in [0.25, 0.3) is 0 Å². The van der Waals surface area contributed by atoms with E-state index in [0.717, 1.165) is 31.7 Å². The minimum atomic E-state index is -4.31. The highest BCUT2D eigenvalue weighted by molar-refractivity contribution is 5.32. The van der Waals surface area contributed by atoms with E-state index in [2.05, 4.69) is 0 Å². The first-order valence-corrected chi connectivity index (χ1v) is 5.92. The molecule has 1 saturated carbocycles. The first kappa shape index (κ1) is 12.4. The van der Waals surface area contributed by atoms with Crippen molar-refractivity contribution in [2.45, 2.75) is 37.9 Å². The number of halogens is 3. The predicted molar refractivity (Wildman–Crippen MR) is 60.3 cm³/mol. The zero-order chi connectivity index (χ0) is 12.5. The van der Waals surface area contributed by atoms with Crippen LogP contribution in [-0.2, 0) is 6.18 Å². The Morgan fingerprint density at radius 3 is 2.29 bits per heavy atom. The Morgan fingerprint density at radius 1 is 1.12 bits per heavy atom. The maximum atomic E-state index is 12.8. The number of nitrogens with two attached hydrogens (primary N) is 1. The normalized spacial score (nSPS) is 19.5. The summed E-state index contributed by atoms with van der Waals surface area (Å²) in [4.78, 5) is 0. The van der Waals surface area contributed by atoms with E-state index in [0.29, 0.717) is 0 Å². The van der Waals surface area contributed by atoms with Gasteiger partial charge in [0.05, 0.1) is 5.56 Å². The largest absolute Gasteiger partial charge is 0.416 e. The number of benzene rings is 1. The SMILES string of the molecule is N[C@@H](c1ccccc1C(F)(F)F)C1CCCC1. The van der Waals surface area contributed by atoms with Crippen LogP contribution in [0, 0.1) is 5.92 Å². The molecule has 0 amide bonds. The molecule has 1 aromatic carbocycles. The van der Waals surface area contributed by atoms with Crippen molar-refractivity contribution in [3.05, 3.63) is 35.4 Å². The molecular weight excluding hydrogens is 227 g/mol. The highest BCUT2D eigenvalue weighted by atomic mass is 19.4. The van der Waals surface area contributed by atoms with Crippen molar-refractivity contribution in [1.82, 2.24) is 0 Å². The second-order valence-electron chi connectivity index (χ2n) is 4.66. The van der Waals surface area contributed by atoms with Gasteiger partial charge in [-0.1, -0.05) is 31.0 Å². The fourth-order valence-corrected chi connectivity index (χ4v) is 2.62. The van der Waals surface area contributed by atoms with E-state index < -0.39 is 17.8 Å². The first-order chi connectivity index (χ1) is 8.00. The molecule has 94 valence electrons. The van der Waals surface area contributed by atoms with Crippen LogP contribution >= 0.6 is 0 Å². The Balaban J connectivity index is 2.31. The molecule has 2 N–H and O–H groups in total. The monoisotopic (exact) mass is 243 g/mol. The van der Waals surface area contributed by atoms with Crippen molar-refractivity contribution < 1.29 is 13.2 Å². The summed E-state index contributed by atoms with van der Waals surface area (Å²) >= 11 is 0. The van der Waals surface area contributed by atoms with Crippen molar-refractivity contribution in [3.63, 3.8) is 0 Å². The van der Waals surface area contributed by atoms with Gasteiger partial charge in [-0.15, -0.1) is 0 Å². The van der Waals surface area contributed by atoms with Gasteiger partial charge in [0.2, 0.25) is 0 Å². The van der Waals surface area contributed by atoms with E-state index in [1.807, 2.05) is 0 Å². The van der Waals surface area contributed by atoms with E-state index in [1.54, 1.807) is 6.07 Å². The first-order valence-electron chi connectivity index (χ1n) is 5.92. The van der Waals surface area contributed by atoms with Gasteiger partial charge in [-0.25, -0.2) is 0 Å². The van der Waals surface area contributed by atoms with Crippen LogP contribution < -0.4 is 5.73 Å². The Bertz CT molecular complexity index is 380. The van der Waals surface area contributed by atoms with E-state index in [-0.39, 0.29) is 11.5 Å². The molecule has 0 aliphatic heterocycles. The van der Waals surface area contributed by atoms with Gasteiger partial charge >= 0.3 is 6.18 Å². The van der Waals surface area contributed by atoms with Crippen molar-refractivity contribution >= 4 is 0 Å². The smallest absolute Gasteiger partial charge is 0.324 e. The Morgan fingerprint density at radius 2 is 1.71 bits per heavy atom. The summed E-state index contributed by atoms with van der Waals surface area (Å²) in [6.07, 6.45) is -0.285. The molecule has 1 aromatic rings. The van der Waals surface area contributed by atoms with Gasteiger partial charge in [0, 0.05) is 6.04 Å². The summed E-state index contributed by atoms with van der Waals surface area (Å²) in [6.45, 7) is 0. The molecule has 1 aliphatic rings. The van der Waals surface area contributed by atoms with E-state index in [4.69, 9.17) is 5.73 Å². The molecule has 1 aliphatic carbocycles. The Kier molecular flexibility index (Phi) is 3.43. The van der Waals surface area contributed by atoms with Gasteiger partial charge in [-0.3, -0.25) is 0 Å². The fraction of sp³-hybridized carbons (Fsp3) is 0.538. The predicted octanol–water partition coefficient (Wildman–Crippen LogP) is 3.90. The quantitative estimate of drug-likeness (QED) is 0.837. The molecule has 4 heteroatoms. The van der Waals surface area contributed by atoms with Gasteiger partial charge in [0.25, 0.3) is 0 Å². The number of hydrogen-bond donors (Lipinski definition) is 1. The third-order valence-corrected chi connectivity index (χ3v) is 3.53. The Labute approximate surface area is 98.8 Å². The summed E-state index contributed by atoms with van der Waals surface area (Å²) in [5.41, 5.74) is 5.66. The molecule has 1 nitrogen and oxygen atoms in total. The summed E-state index contributed by atoms with van der Waals surface area (Å²) in [6, 6.07) is 5.17. The molecule has 2 rings (SSSR count). The van der Waals surface area contributed by atoms with Crippen LogP contribution in [0.3, 0.4) is 0 Å². The van der Waals surface area contributed by atoms with Crippen molar-refractivity contribution in [1.29, 1.82) is 0 Å². The molecule has 0 radical (unpaired) electrons. The average molecular weight is 243 g/mol. The van der Waals surface area contributed by atoms with Gasteiger partial charge in [0.15, 0.2) is 0 Å². The van der Waals surface area contributed by atoms with Crippen LogP contribution in [0.15, 0.2) is 24.3 Å². The highest BCUT2D eigenvalue weighted by Gasteiger charge is 2.36. The molecule has 0 unspecified atom stereocenters. The molecule has 0 heterocycles. The molecule has 17 heavy (non-hydrogen) atoms. The fourth-order valence-electron chi connectivity index (χ4n) is 2.62. The van der Waals surface area contributed by atoms with Crippen LogP contribution in [0.5, 0.6) is 0 Å². The topological polar surface area (TPSA) is 26.0 Å². The highest BCUT2D eigenvalue weighted by Crippen LogP contribution is 2.39. The molecular formula is C13H16F3N. The van der Waals surface area contributed by atoms with E-state index in [1.165, 1.54) is 12.1 Å². The minimum absolute atomic E-state index is 0.193. The van der Waals surface area contributed by atoms with Crippen molar-refractivity contribution in [2.75, 3.05) is 0 Å². The van der Waals surface area contributed by atoms with E-state index >= 15 is 0 Å². The minimum Gasteiger partial charge on any atom is -0.324 e. The summed E-state index contributed by atoms with van der Waals surface area (Å²) in [5, 5.41) is 0. The molecule has 0 bridgehead atoms. The van der Waals surface area contributed by atoms with Crippen molar-refractivity contribution in [3.8, 4) is 0 Å². The van der Waals surface area contributed by atoms with Gasteiger partial charge in [0.1, 0.15) is 0 Å². The molecule has 1 fully saturated rings. The third-order valence-electron chi connectivity index (χ3n) is 3.53. The van der Waals surface area contributed by atoms with Crippen LogP contribution in [0.4, 0.5) is 13.2 Å². The molecule has 1 atom stereocenters. The molecule has 0 saturated heterocycles. The average Bonchev–Trinajstić information content (AvgIpc) is 2.80.